The average molecular weight is 435 g/mol. The van der Waals surface area contributed by atoms with Crippen LogP contribution in [0.1, 0.15) is 15.9 Å². The molecule has 3 aromatic rings. The summed E-state index contributed by atoms with van der Waals surface area (Å²) in [6.45, 7) is 0. The number of amides is 1. The van der Waals surface area contributed by atoms with E-state index >= 15 is 0 Å². The molecule has 0 aliphatic carbocycles. The topological polar surface area (TPSA) is 79.3 Å². The first kappa shape index (κ1) is 18.9. The lowest BCUT2D eigenvalue weighted by atomic mass is 10.0. The molecule has 0 aliphatic rings. The summed E-state index contributed by atoms with van der Waals surface area (Å²) >= 11 is 3.38. The molecular formula is C19H13BrF2N2O3. The van der Waals surface area contributed by atoms with Crippen LogP contribution in [0.15, 0.2) is 53.1 Å². The predicted octanol–water partition coefficient (Wildman–Crippen LogP) is 3.70. The predicted molar refractivity (Wildman–Crippen MR) is 98.4 cm³/mol. The van der Waals surface area contributed by atoms with E-state index in [0.717, 1.165) is 22.7 Å². The van der Waals surface area contributed by atoms with Crippen LogP contribution in [0, 0.1) is 11.6 Å². The number of fused-ring (bicyclic) bond motifs is 1. The number of hydrogen-bond acceptors (Lipinski definition) is 3. The monoisotopic (exact) mass is 434 g/mol. The minimum Gasteiger partial charge on any atom is -0.480 e. The van der Waals surface area contributed by atoms with Crippen LogP contribution in [0.3, 0.4) is 0 Å². The number of nitrogens with one attached hydrogen (secondary N) is 1. The third-order valence-corrected chi connectivity index (χ3v) is 4.67. The van der Waals surface area contributed by atoms with Gasteiger partial charge >= 0.3 is 5.97 Å². The molecule has 0 spiro atoms. The van der Waals surface area contributed by atoms with Crippen molar-refractivity contribution in [1.29, 1.82) is 0 Å². The van der Waals surface area contributed by atoms with Gasteiger partial charge in [0.1, 0.15) is 23.2 Å². The highest BCUT2D eigenvalue weighted by molar-refractivity contribution is 9.10. The first-order valence-electron chi connectivity index (χ1n) is 7.88. The van der Waals surface area contributed by atoms with Crippen LogP contribution in [0.4, 0.5) is 8.78 Å². The zero-order valence-electron chi connectivity index (χ0n) is 13.7. The number of carbonyl (C=O) groups is 2. The van der Waals surface area contributed by atoms with Crippen molar-refractivity contribution in [2.75, 3.05) is 0 Å². The Morgan fingerprint density at radius 1 is 1.11 bits per heavy atom. The van der Waals surface area contributed by atoms with Crippen molar-refractivity contribution in [1.82, 2.24) is 10.3 Å². The largest absolute Gasteiger partial charge is 0.480 e. The Bertz CT molecular complexity index is 1020. The summed E-state index contributed by atoms with van der Waals surface area (Å²) in [4.78, 5) is 28.1. The lowest BCUT2D eigenvalue weighted by Gasteiger charge is -2.16. The third kappa shape index (κ3) is 3.95. The molecule has 0 saturated heterocycles. The zero-order valence-corrected chi connectivity index (χ0v) is 15.3. The van der Waals surface area contributed by atoms with E-state index in [1.54, 1.807) is 30.5 Å². The Kier molecular flexibility index (Phi) is 5.46. The van der Waals surface area contributed by atoms with Gasteiger partial charge in [0.15, 0.2) is 0 Å². The number of aliphatic carboxylic acids is 1. The van der Waals surface area contributed by atoms with Gasteiger partial charge in [-0.3, -0.25) is 9.78 Å². The molecular weight excluding hydrogens is 422 g/mol. The molecule has 27 heavy (non-hydrogen) atoms. The second-order valence-corrected chi connectivity index (χ2v) is 6.63. The Hall–Kier alpha value is -2.87. The smallest absolute Gasteiger partial charge is 0.326 e. The number of carbonyl (C=O) groups excluding carboxylic acids is 1. The van der Waals surface area contributed by atoms with Gasteiger partial charge in [-0.15, -0.1) is 0 Å². The number of nitrogens with zero attached hydrogens (tertiary/aromatic N) is 1. The molecule has 5 nitrogen and oxygen atoms in total. The third-order valence-electron chi connectivity index (χ3n) is 4.03. The molecule has 0 bridgehead atoms. The van der Waals surface area contributed by atoms with E-state index in [1.807, 2.05) is 0 Å². The van der Waals surface area contributed by atoms with Crippen LogP contribution in [0.25, 0.3) is 10.9 Å². The zero-order chi connectivity index (χ0) is 19.6. The van der Waals surface area contributed by atoms with Crippen molar-refractivity contribution in [2.45, 2.75) is 12.5 Å². The molecule has 1 atom stereocenters. The summed E-state index contributed by atoms with van der Waals surface area (Å²) < 4.78 is 28.3. The molecule has 8 heteroatoms. The Labute approximate surface area is 161 Å². The van der Waals surface area contributed by atoms with Crippen molar-refractivity contribution in [3.63, 3.8) is 0 Å². The molecule has 0 unspecified atom stereocenters. The van der Waals surface area contributed by atoms with Crippen LogP contribution in [0.5, 0.6) is 0 Å². The van der Waals surface area contributed by atoms with Crippen LogP contribution < -0.4 is 5.32 Å². The summed E-state index contributed by atoms with van der Waals surface area (Å²) in [6, 6.07) is 8.53. The van der Waals surface area contributed by atoms with Gasteiger partial charge in [0.2, 0.25) is 0 Å². The number of rotatable bonds is 5. The lowest BCUT2D eigenvalue weighted by molar-refractivity contribution is -0.139. The van der Waals surface area contributed by atoms with Gasteiger partial charge in [0.25, 0.3) is 5.91 Å². The van der Waals surface area contributed by atoms with E-state index in [0.29, 0.717) is 16.5 Å². The number of pyridine rings is 1. The number of aromatic nitrogens is 1. The fourth-order valence-corrected chi connectivity index (χ4v) is 3.19. The average Bonchev–Trinajstić information content (AvgIpc) is 2.63. The van der Waals surface area contributed by atoms with Gasteiger partial charge in [0.05, 0.1) is 5.52 Å². The molecule has 0 saturated carbocycles. The van der Waals surface area contributed by atoms with Crippen LogP contribution in [-0.2, 0) is 11.2 Å². The minimum atomic E-state index is -1.37. The number of carboxylic acids is 1. The van der Waals surface area contributed by atoms with Gasteiger partial charge in [-0.2, -0.15) is 0 Å². The molecule has 138 valence electrons. The highest BCUT2D eigenvalue weighted by Crippen LogP contribution is 2.26. The van der Waals surface area contributed by atoms with E-state index in [9.17, 15) is 23.5 Å². The van der Waals surface area contributed by atoms with Crippen molar-refractivity contribution in [3.05, 3.63) is 75.9 Å². The van der Waals surface area contributed by atoms with E-state index in [1.165, 1.54) is 0 Å². The highest BCUT2D eigenvalue weighted by atomic mass is 79.9. The van der Waals surface area contributed by atoms with Crippen molar-refractivity contribution in [3.8, 4) is 0 Å². The maximum atomic E-state index is 13.8. The normalized spacial score (nSPS) is 12.0. The first-order valence-corrected chi connectivity index (χ1v) is 8.67. The quantitative estimate of drug-likeness (QED) is 0.641. The van der Waals surface area contributed by atoms with E-state index < -0.39 is 35.1 Å². The summed E-state index contributed by atoms with van der Waals surface area (Å²) in [5.41, 5.74) is 0.458. The SMILES string of the molecule is O=C(N[C@@H](Cc1ccc(Br)c2ncccc12)C(=O)O)c1c(F)cccc1F. The second kappa shape index (κ2) is 7.79. The molecule has 1 heterocycles. The minimum absolute atomic E-state index is 0.0768. The molecule has 2 aromatic carbocycles. The van der Waals surface area contributed by atoms with E-state index in [-0.39, 0.29) is 6.42 Å². The highest BCUT2D eigenvalue weighted by Gasteiger charge is 2.25. The Morgan fingerprint density at radius 2 is 1.81 bits per heavy atom. The molecule has 2 N–H and O–H groups in total. The molecule has 0 aliphatic heterocycles. The van der Waals surface area contributed by atoms with Gasteiger partial charge < -0.3 is 10.4 Å². The van der Waals surface area contributed by atoms with Gasteiger partial charge in [-0.25, -0.2) is 13.6 Å². The van der Waals surface area contributed by atoms with Gasteiger partial charge in [-0.05, 0) is 45.8 Å². The Morgan fingerprint density at radius 3 is 2.48 bits per heavy atom. The molecule has 0 radical (unpaired) electrons. The number of hydrogen-bond donors (Lipinski definition) is 2. The van der Waals surface area contributed by atoms with Gasteiger partial charge in [-0.1, -0.05) is 18.2 Å². The number of benzene rings is 2. The summed E-state index contributed by atoms with van der Waals surface area (Å²) in [5.74, 6) is -4.57. The first-order chi connectivity index (χ1) is 12.9. The molecule has 3 rings (SSSR count). The van der Waals surface area contributed by atoms with Crippen molar-refractivity contribution in [2.24, 2.45) is 0 Å². The second-order valence-electron chi connectivity index (χ2n) is 5.77. The standard InChI is InChI=1S/C19H13BrF2N2O3/c20-12-7-6-10(11-3-2-8-23-17(11)12)9-15(19(26)27)24-18(25)16-13(21)4-1-5-14(16)22/h1-8,15H,9H2,(H,24,25)(H,26,27)/t15-/m0/s1. The Balaban J connectivity index is 1.91. The fourth-order valence-electron chi connectivity index (χ4n) is 2.74. The van der Waals surface area contributed by atoms with E-state index in [2.05, 4.69) is 26.2 Å². The summed E-state index contributed by atoms with van der Waals surface area (Å²) in [5, 5.41) is 12.4. The van der Waals surface area contributed by atoms with Gasteiger partial charge in [0, 0.05) is 22.5 Å². The van der Waals surface area contributed by atoms with Crippen LogP contribution >= 0.6 is 15.9 Å². The molecule has 1 amide bonds. The molecule has 0 fully saturated rings. The van der Waals surface area contributed by atoms with Crippen molar-refractivity contribution < 1.29 is 23.5 Å². The number of carboxylic acid groups (broad SMARTS) is 1. The van der Waals surface area contributed by atoms with Crippen LogP contribution in [0.2, 0.25) is 0 Å². The maximum Gasteiger partial charge on any atom is 0.326 e. The fraction of sp³-hybridized carbons (Fsp3) is 0.105. The summed E-state index contributed by atoms with van der Waals surface area (Å²) in [7, 11) is 0. The van der Waals surface area contributed by atoms with Crippen LogP contribution in [-0.4, -0.2) is 28.0 Å². The summed E-state index contributed by atoms with van der Waals surface area (Å²) in [6.07, 6.45) is 1.53. The van der Waals surface area contributed by atoms with E-state index in [4.69, 9.17) is 0 Å². The lowest BCUT2D eigenvalue weighted by Crippen LogP contribution is -2.43. The number of halogens is 3. The van der Waals surface area contributed by atoms with Crippen molar-refractivity contribution >= 4 is 38.7 Å². The maximum absolute atomic E-state index is 13.8. The molecule has 1 aromatic heterocycles.